The molecular weight excluding hydrogens is 291 g/mol. The normalized spacial score (nSPS) is 11.8. The molecule has 2 aromatic carbocycles. The van der Waals surface area contributed by atoms with E-state index < -0.39 is 15.8 Å². The summed E-state index contributed by atoms with van der Waals surface area (Å²) in [5.74, 6) is -0.736. The first-order valence-electron chi connectivity index (χ1n) is 6.37. The molecule has 0 spiro atoms. The van der Waals surface area contributed by atoms with E-state index >= 15 is 0 Å². The molecule has 0 saturated heterocycles. The molecule has 2 rings (SSSR count). The molecule has 0 aromatic heterocycles. The number of sulfonamides is 1. The van der Waals surface area contributed by atoms with E-state index in [0.29, 0.717) is 0 Å². The van der Waals surface area contributed by atoms with Crippen LogP contribution in [0.5, 0.6) is 0 Å². The molecule has 2 aromatic rings. The van der Waals surface area contributed by atoms with E-state index in [2.05, 4.69) is 0 Å². The van der Waals surface area contributed by atoms with Crippen LogP contribution in [0.3, 0.4) is 0 Å². The zero-order valence-corrected chi connectivity index (χ0v) is 12.7. The molecule has 0 unspecified atom stereocenters. The van der Waals surface area contributed by atoms with Gasteiger partial charge < -0.3 is 5.73 Å². The van der Waals surface area contributed by atoms with Crippen molar-refractivity contribution in [2.45, 2.75) is 18.4 Å². The Morgan fingerprint density at radius 1 is 1.14 bits per heavy atom. The van der Waals surface area contributed by atoms with E-state index in [9.17, 15) is 12.8 Å². The largest absolute Gasteiger partial charge is 0.396 e. The number of hydrogen-bond acceptors (Lipinski definition) is 3. The van der Waals surface area contributed by atoms with Crippen molar-refractivity contribution in [2.75, 3.05) is 12.8 Å². The lowest BCUT2D eigenvalue weighted by molar-refractivity contribution is 0.466. The molecule has 0 amide bonds. The first-order chi connectivity index (χ1) is 9.80. The molecule has 21 heavy (non-hydrogen) atoms. The average molecular weight is 308 g/mol. The minimum atomic E-state index is -3.75. The van der Waals surface area contributed by atoms with Crippen LogP contribution in [-0.4, -0.2) is 19.8 Å². The van der Waals surface area contributed by atoms with Crippen LogP contribution in [0.25, 0.3) is 0 Å². The maximum Gasteiger partial charge on any atom is 0.243 e. The summed E-state index contributed by atoms with van der Waals surface area (Å²) >= 11 is 0. The number of nitrogen functional groups attached to an aromatic ring is 1. The van der Waals surface area contributed by atoms with Gasteiger partial charge >= 0.3 is 0 Å². The Hall–Kier alpha value is -1.92. The van der Waals surface area contributed by atoms with Crippen molar-refractivity contribution >= 4 is 15.7 Å². The number of nitrogens with zero attached hydrogens (tertiary/aromatic N) is 1. The zero-order valence-electron chi connectivity index (χ0n) is 11.9. The van der Waals surface area contributed by atoms with E-state index in [1.807, 2.05) is 31.2 Å². The monoisotopic (exact) mass is 308 g/mol. The fraction of sp³-hybridized carbons (Fsp3) is 0.200. The SMILES string of the molecule is Cc1ccc(CN(C)S(=O)(=O)c2ccc(N)c(F)c2)cc1. The van der Waals surface area contributed by atoms with Gasteiger partial charge in [-0.1, -0.05) is 29.8 Å². The van der Waals surface area contributed by atoms with Gasteiger partial charge in [0, 0.05) is 13.6 Å². The quantitative estimate of drug-likeness (QED) is 0.883. The van der Waals surface area contributed by atoms with Crippen LogP contribution in [0, 0.1) is 12.7 Å². The number of benzene rings is 2. The van der Waals surface area contributed by atoms with Crippen molar-refractivity contribution in [3.05, 3.63) is 59.4 Å². The Morgan fingerprint density at radius 3 is 2.33 bits per heavy atom. The van der Waals surface area contributed by atoms with Crippen molar-refractivity contribution in [3.63, 3.8) is 0 Å². The van der Waals surface area contributed by atoms with E-state index in [0.717, 1.165) is 17.2 Å². The van der Waals surface area contributed by atoms with Gasteiger partial charge in [-0.3, -0.25) is 0 Å². The van der Waals surface area contributed by atoms with Crippen LogP contribution in [0.1, 0.15) is 11.1 Å². The predicted octanol–water partition coefficient (Wildman–Crippen LogP) is 2.54. The van der Waals surface area contributed by atoms with Crippen molar-refractivity contribution in [1.82, 2.24) is 4.31 Å². The highest BCUT2D eigenvalue weighted by atomic mass is 32.2. The Morgan fingerprint density at radius 2 is 1.76 bits per heavy atom. The van der Waals surface area contributed by atoms with E-state index in [4.69, 9.17) is 5.73 Å². The fourth-order valence-electron chi connectivity index (χ4n) is 1.88. The highest BCUT2D eigenvalue weighted by Gasteiger charge is 2.21. The van der Waals surface area contributed by atoms with Gasteiger partial charge in [0.15, 0.2) is 0 Å². The molecular formula is C15H17FN2O2S. The van der Waals surface area contributed by atoms with Gasteiger partial charge in [-0.2, -0.15) is 4.31 Å². The second-order valence-corrected chi connectivity index (χ2v) is 6.97. The number of aryl methyl sites for hydroxylation is 1. The molecule has 0 atom stereocenters. The third-order valence-electron chi connectivity index (χ3n) is 3.21. The Bertz CT molecular complexity index is 743. The van der Waals surface area contributed by atoms with Crippen LogP contribution in [0.4, 0.5) is 10.1 Å². The maximum absolute atomic E-state index is 13.4. The average Bonchev–Trinajstić information content (AvgIpc) is 2.44. The molecule has 0 aliphatic carbocycles. The summed E-state index contributed by atoms with van der Waals surface area (Å²) in [5, 5.41) is 0. The molecule has 112 valence electrons. The molecule has 4 nitrogen and oxygen atoms in total. The molecule has 2 N–H and O–H groups in total. The number of rotatable bonds is 4. The molecule has 0 saturated carbocycles. The van der Waals surface area contributed by atoms with Crippen LogP contribution >= 0.6 is 0 Å². The summed E-state index contributed by atoms with van der Waals surface area (Å²) in [6.45, 7) is 2.18. The van der Waals surface area contributed by atoms with Gasteiger partial charge in [-0.05, 0) is 30.7 Å². The van der Waals surface area contributed by atoms with E-state index in [-0.39, 0.29) is 17.1 Å². The van der Waals surface area contributed by atoms with E-state index in [1.54, 1.807) is 0 Å². The van der Waals surface area contributed by atoms with Crippen molar-refractivity contribution in [1.29, 1.82) is 0 Å². The van der Waals surface area contributed by atoms with Crippen molar-refractivity contribution in [3.8, 4) is 0 Å². The zero-order chi connectivity index (χ0) is 15.6. The minimum Gasteiger partial charge on any atom is -0.396 e. The smallest absolute Gasteiger partial charge is 0.243 e. The fourth-order valence-corrected chi connectivity index (χ4v) is 3.06. The van der Waals surface area contributed by atoms with Crippen molar-refractivity contribution < 1.29 is 12.8 Å². The van der Waals surface area contributed by atoms with Crippen molar-refractivity contribution in [2.24, 2.45) is 0 Å². The van der Waals surface area contributed by atoms with E-state index in [1.165, 1.54) is 23.5 Å². The van der Waals surface area contributed by atoms with Crippen LogP contribution in [0.15, 0.2) is 47.4 Å². The number of nitrogens with two attached hydrogens (primary N) is 1. The van der Waals surface area contributed by atoms with Gasteiger partial charge in [0.25, 0.3) is 0 Å². The van der Waals surface area contributed by atoms with Gasteiger partial charge in [0.1, 0.15) is 5.82 Å². The Labute approximate surface area is 124 Å². The molecule has 0 heterocycles. The second kappa shape index (κ2) is 5.83. The van der Waals surface area contributed by atoms with Crippen LogP contribution in [0.2, 0.25) is 0 Å². The summed E-state index contributed by atoms with van der Waals surface area (Å²) < 4.78 is 39.4. The molecule has 0 bridgehead atoms. The van der Waals surface area contributed by atoms with Crippen LogP contribution < -0.4 is 5.73 Å². The number of halogens is 1. The molecule has 0 fully saturated rings. The topological polar surface area (TPSA) is 63.4 Å². The maximum atomic E-state index is 13.4. The molecule has 0 radical (unpaired) electrons. The lowest BCUT2D eigenvalue weighted by Crippen LogP contribution is -2.26. The van der Waals surface area contributed by atoms with Gasteiger partial charge in [0.2, 0.25) is 10.0 Å². The third kappa shape index (κ3) is 3.40. The summed E-state index contributed by atoms with van der Waals surface area (Å²) in [4.78, 5) is -0.108. The third-order valence-corrected chi connectivity index (χ3v) is 5.01. The number of hydrogen-bond donors (Lipinski definition) is 1. The summed E-state index contributed by atoms with van der Waals surface area (Å²) in [5.41, 5.74) is 7.25. The highest BCUT2D eigenvalue weighted by molar-refractivity contribution is 7.89. The standard InChI is InChI=1S/C15H17FN2O2S/c1-11-3-5-12(6-4-11)10-18(2)21(19,20)13-7-8-15(17)14(16)9-13/h3-9H,10,17H2,1-2H3. The lowest BCUT2D eigenvalue weighted by Gasteiger charge is -2.17. The summed E-state index contributed by atoms with van der Waals surface area (Å²) in [6.07, 6.45) is 0. The minimum absolute atomic E-state index is 0.0739. The predicted molar refractivity (Wildman–Crippen MR) is 80.6 cm³/mol. The lowest BCUT2D eigenvalue weighted by atomic mass is 10.1. The summed E-state index contributed by atoms with van der Waals surface area (Å²) in [6, 6.07) is 11.1. The van der Waals surface area contributed by atoms with Gasteiger partial charge in [-0.15, -0.1) is 0 Å². The summed E-state index contributed by atoms with van der Waals surface area (Å²) in [7, 11) is -2.29. The Kier molecular flexibility index (Phi) is 4.29. The molecule has 6 heteroatoms. The first-order valence-corrected chi connectivity index (χ1v) is 7.81. The van der Waals surface area contributed by atoms with Gasteiger partial charge in [0.05, 0.1) is 10.6 Å². The van der Waals surface area contributed by atoms with Crippen LogP contribution in [-0.2, 0) is 16.6 Å². The first kappa shape index (κ1) is 15.5. The Balaban J connectivity index is 2.25. The molecule has 0 aliphatic heterocycles. The van der Waals surface area contributed by atoms with Gasteiger partial charge in [-0.25, -0.2) is 12.8 Å². The second-order valence-electron chi connectivity index (χ2n) is 4.93. The number of anilines is 1. The highest BCUT2D eigenvalue weighted by Crippen LogP contribution is 2.20. The molecule has 0 aliphatic rings.